The highest BCUT2D eigenvalue weighted by Gasteiger charge is 2.50. The van der Waals surface area contributed by atoms with Gasteiger partial charge in [0.05, 0.1) is 31.5 Å². The van der Waals surface area contributed by atoms with Crippen LogP contribution >= 0.6 is 11.6 Å². The first-order valence-corrected chi connectivity index (χ1v) is 13.2. The van der Waals surface area contributed by atoms with Crippen LogP contribution in [0.2, 0.25) is 5.02 Å². The van der Waals surface area contributed by atoms with Crippen LogP contribution in [0.4, 0.5) is 23.1 Å². The van der Waals surface area contributed by atoms with Gasteiger partial charge in [-0.1, -0.05) is 11.6 Å². The number of anilines is 4. The van der Waals surface area contributed by atoms with Gasteiger partial charge in [-0.25, -0.2) is 4.98 Å². The van der Waals surface area contributed by atoms with Crippen LogP contribution < -0.4 is 26.0 Å². The Balaban J connectivity index is 1.38. The van der Waals surface area contributed by atoms with E-state index in [2.05, 4.69) is 49.6 Å². The van der Waals surface area contributed by atoms with E-state index in [4.69, 9.17) is 26.8 Å². The molecule has 10 nitrogen and oxygen atoms in total. The summed E-state index contributed by atoms with van der Waals surface area (Å²) < 4.78 is 11.0. The average Bonchev–Trinajstić information content (AvgIpc) is 3.45. The highest BCUT2D eigenvalue weighted by Crippen LogP contribution is 2.49. The molecule has 4 atom stereocenters. The summed E-state index contributed by atoms with van der Waals surface area (Å²) in [5.74, 6) is 1.87. The summed E-state index contributed by atoms with van der Waals surface area (Å²) in [6, 6.07) is 4.09. The summed E-state index contributed by atoms with van der Waals surface area (Å²) in [5, 5.41) is 7.16. The molecule has 1 aromatic carbocycles. The molecule has 1 aliphatic heterocycles. The molecule has 2 saturated carbocycles. The Bertz CT molecular complexity index is 1150. The molecule has 0 radical (unpaired) electrons. The van der Waals surface area contributed by atoms with Crippen molar-refractivity contribution in [2.45, 2.75) is 31.8 Å². The van der Waals surface area contributed by atoms with Gasteiger partial charge >= 0.3 is 0 Å². The van der Waals surface area contributed by atoms with E-state index in [1.165, 1.54) is 5.56 Å². The SMILES string of the molecule is COCCN1CCN(C)c2cc(Nc3ncc(Cl)c(NC4C5CCC(C5)C4C(N)=O)n3)c(OC)cc2C1. The predicted molar refractivity (Wildman–Crippen MR) is 145 cm³/mol. The van der Waals surface area contributed by atoms with Crippen molar-refractivity contribution < 1.29 is 14.3 Å². The molecule has 2 bridgehead atoms. The number of methoxy groups -OCH3 is 2. The first-order valence-electron chi connectivity index (χ1n) is 12.9. The van der Waals surface area contributed by atoms with Gasteiger partial charge in [-0.15, -0.1) is 0 Å². The number of halogens is 1. The van der Waals surface area contributed by atoms with Gasteiger partial charge in [0, 0.05) is 52.1 Å². The van der Waals surface area contributed by atoms with Gasteiger partial charge < -0.3 is 30.7 Å². The number of ether oxygens (including phenoxy) is 2. The van der Waals surface area contributed by atoms with Crippen LogP contribution in [0, 0.1) is 17.8 Å². The Labute approximate surface area is 222 Å². The minimum Gasteiger partial charge on any atom is -0.495 e. The lowest BCUT2D eigenvalue weighted by molar-refractivity contribution is -0.123. The van der Waals surface area contributed by atoms with Crippen molar-refractivity contribution in [3.63, 3.8) is 0 Å². The minimum atomic E-state index is -0.257. The maximum atomic E-state index is 12.2. The lowest BCUT2D eigenvalue weighted by Gasteiger charge is -2.30. The zero-order valence-electron chi connectivity index (χ0n) is 21.7. The molecule has 2 fully saturated rings. The molecule has 2 heterocycles. The Hall–Kier alpha value is -2.82. The largest absolute Gasteiger partial charge is 0.495 e. The molecule has 4 unspecified atom stereocenters. The van der Waals surface area contributed by atoms with Gasteiger partial charge in [-0.2, -0.15) is 4.98 Å². The lowest BCUT2D eigenvalue weighted by Crippen LogP contribution is -2.42. The van der Waals surface area contributed by atoms with E-state index in [-0.39, 0.29) is 17.9 Å². The Morgan fingerprint density at radius 1 is 1.24 bits per heavy atom. The van der Waals surface area contributed by atoms with Gasteiger partial charge in [-0.3, -0.25) is 9.69 Å². The van der Waals surface area contributed by atoms with Crippen molar-refractivity contribution in [3.8, 4) is 5.75 Å². The number of carbonyl (C=O) groups is 1. The number of aromatic nitrogens is 2. The van der Waals surface area contributed by atoms with Crippen LogP contribution in [0.5, 0.6) is 5.75 Å². The van der Waals surface area contributed by atoms with Crippen molar-refractivity contribution in [1.29, 1.82) is 0 Å². The van der Waals surface area contributed by atoms with Crippen LogP contribution in [0.25, 0.3) is 0 Å². The Morgan fingerprint density at radius 3 is 2.81 bits per heavy atom. The number of fused-ring (bicyclic) bond motifs is 3. The Morgan fingerprint density at radius 2 is 2.05 bits per heavy atom. The monoisotopic (exact) mass is 529 g/mol. The Kier molecular flexibility index (Phi) is 7.60. The molecule has 11 heteroatoms. The average molecular weight is 530 g/mol. The zero-order valence-corrected chi connectivity index (χ0v) is 22.4. The van der Waals surface area contributed by atoms with Crippen LogP contribution in [0.3, 0.4) is 0 Å². The van der Waals surface area contributed by atoms with Crippen LogP contribution in [0.1, 0.15) is 24.8 Å². The van der Waals surface area contributed by atoms with E-state index >= 15 is 0 Å². The van der Waals surface area contributed by atoms with Crippen molar-refractivity contribution in [1.82, 2.24) is 14.9 Å². The summed E-state index contributed by atoms with van der Waals surface area (Å²) in [5.41, 5.74) is 8.84. The van der Waals surface area contributed by atoms with Gasteiger partial charge in [0.1, 0.15) is 10.8 Å². The molecule has 1 amide bonds. The first kappa shape index (κ1) is 25.8. The van der Waals surface area contributed by atoms with Gasteiger partial charge in [0.15, 0.2) is 5.82 Å². The second-order valence-electron chi connectivity index (χ2n) is 10.3. The molecule has 4 N–H and O–H groups in total. The standard InChI is InChI=1S/C26H36ClN7O3/c1-33-6-7-34(8-9-36-2)14-17-11-21(37-3)19(12-20(17)33)30-26-29-13-18(27)25(32-26)31-23-16-5-4-15(10-16)22(23)24(28)35/h11-13,15-16,22-23H,4-10,14H2,1-3H3,(H2,28,35)(H2,29,30,31,32). The number of carbonyl (C=O) groups excluding carboxylic acids is 1. The highest BCUT2D eigenvalue weighted by molar-refractivity contribution is 6.32. The third-order valence-corrected chi connectivity index (χ3v) is 8.38. The quantitative estimate of drug-likeness (QED) is 0.450. The second kappa shape index (κ2) is 10.9. The summed E-state index contributed by atoms with van der Waals surface area (Å²) >= 11 is 6.47. The fraction of sp³-hybridized carbons (Fsp3) is 0.577. The van der Waals surface area contributed by atoms with Crippen LogP contribution in [-0.2, 0) is 16.1 Å². The second-order valence-corrected chi connectivity index (χ2v) is 10.7. The van der Waals surface area contributed by atoms with Crippen molar-refractivity contribution in [2.75, 3.05) is 63.0 Å². The number of amides is 1. The molecular formula is C26H36ClN7O3. The van der Waals surface area contributed by atoms with Crippen LogP contribution in [0.15, 0.2) is 18.3 Å². The van der Waals surface area contributed by atoms with E-state index in [1.807, 2.05) is 0 Å². The van der Waals surface area contributed by atoms with E-state index in [0.29, 0.717) is 41.0 Å². The fourth-order valence-electron chi connectivity index (χ4n) is 6.22. The maximum Gasteiger partial charge on any atom is 0.229 e. The number of primary amides is 1. The molecule has 37 heavy (non-hydrogen) atoms. The van der Waals surface area contributed by atoms with Crippen LogP contribution in [-0.4, -0.2) is 74.3 Å². The molecular weight excluding hydrogens is 494 g/mol. The molecule has 2 aromatic rings. The molecule has 2 aliphatic carbocycles. The molecule has 0 spiro atoms. The smallest absolute Gasteiger partial charge is 0.229 e. The molecule has 1 aromatic heterocycles. The number of rotatable bonds is 9. The van der Waals surface area contributed by atoms with Crippen molar-refractivity contribution in [3.05, 3.63) is 28.9 Å². The van der Waals surface area contributed by atoms with Crippen molar-refractivity contribution in [2.24, 2.45) is 23.5 Å². The number of nitrogens with zero attached hydrogens (tertiary/aromatic N) is 4. The fourth-order valence-corrected chi connectivity index (χ4v) is 6.36. The van der Waals surface area contributed by atoms with E-state index in [0.717, 1.165) is 56.8 Å². The van der Waals surface area contributed by atoms with E-state index in [1.54, 1.807) is 20.4 Å². The zero-order chi connectivity index (χ0) is 26.1. The predicted octanol–water partition coefficient (Wildman–Crippen LogP) is 3.09. The summed E-state index contributed by atoms with van der Waals surface area (Å²) in [6.45, 7) is 4.24. The number of benzene rings is 1. The van der Waals surface area contributed by atoms with Gasteiger partial charge in [-0.05, 0) is 48.8 Å². The number of nitrogens with one attached hydrogen (secondary N) is 2. The molecule has 200 valence electrons. The summed E-state index contributed by atoms with van der Waals surface area (Å²) in [6.07, 6.45) is 4.73. The number of hydrogen-bond donors (Lipinski definition) is 3. The first-order chi connectivity index (χ1) is 17.9. The molecule has 5 rings (SSSR count). The summed E-state index contributed by atoms with van der Waals surface area (Å²) in [4.78, 5) is 25.9. The van der Waals surface area contributed by atoms with E-state index < -0.39 is 0 Å². The lowest BCUT2D eigenvalue weighted by atomic mass is 9.84. The van der Waals surface area contributed by atoms with Gasteiger partial charge in [0.25, 0.3) is 0 Å². The third-order valence-electron chi connectivity index (χ3n) is 8.11. The normalized spacial score (nSPS) is 25.0. The topological polar surface area (TPSA) is 118 Å². The molecule has 0 saturated heterocycles. The number of hydrogen-bond acceptors (Lipinski definition) is 9. The number of likely N-dealkylation sites (N-methyl/N-ethyl adjacent to an activating group) is 1. The maximum absolute atomic E-state index is 12.2. The van der Waals surface area contributed by atoms with Gasteiger partial charge in [0.2, 0.25) is 11.9 Å². The number of nitrogens with two attached hydrogens (primary N) is 1. The highest BCUT2D eigenvalue weighted by atomic mass is 35.5. The third kappa shape index (κ3) is 5.28. The molecule has 3 aliphatic rings. The summed E-state index contributed by atoms with van der Waals surface area (Å²) in [7, 11) is 5.48. The minimum absolute atomic E-state index is 0.0618. The van der Waals surface area contributed by atoms with Crippen molar-refractivity contribution >= 4 is 40.6 Å². The van der Waals surface area contributed by atoms with E-state index in [9.17, 15) is 4.79 Å².